The molecule has 1 aromatic carbocycles. The Morgan fingerprint density at radius 1 is 1.44 bits per heavy atom. The van der Waals surface area contributed by atoms with Gasteiger partial charge in [0.2, 0.25) is 0 Å². The van der Waals surface area contributed by atoms with Gasteiger partial charge >= 0.3 is 0 Å². The van der Waals surface area contributed by atoms with Crippen molar-refractivity contribution < 1.29 is 8.78 Å². The molecule has 0 aliphatic carbocycles. The molecule has 1 aliphatic rings. The third kappa shape index (κ3) is 2.87. The highest BCUT2D eigenvalue weighted by Crippen LogP contribution is 2.28. The van der Waals surface area contributed by atoms with Crippen LogP contribution in [0.1, 0.15) is 31.4 Å². The standard InChI is InChI=1S/C14H20F2N2/c1-10-3-2-6-18(9-10)14(8-17)12-7-11(15)4-5-13(12)16/h4-5,7,10,14H,2-3,6,8-9,17H2,1H3/t10-,14-/m1/s1. The molecule has 2 rings (SSSR count). The maximum atomic E-state index is 13.8. The van der Waals surface area contributed by atoms with Crippen molar-refractivity contribution in [3.63, 3.8) is 0 Å². The fourth-order valence-corrected chi connectivity index (χ4v) is 2.75. The molecule has 0 spiro atoms. The SMILES string of the molecule is C[C@@H]1CCCN([C@H](CN)c2cc(F)ccc2F)C1. The normalized spacial score (nSPS) is 23.0. The van der Waals surface area contributed by atoms with Crippen LogP contribution in [0, 0.1) is 17.6 Å². The van der Waals surface area contributed by atoms with Gasteiger partial charge in [-0.05, 0) is 43.5 Å². The molecular formula is C14H20F2N2. The Balaban J connectivity index is 2.24. The highest BCUT2D eigenvalue weighted by molar-refractivity contribution is 5.23. The van der Waals surface area contributed by atoms with Gasteiger partial charge in [-0.15, -0.1) is 0 Å². The molecule has 1 saturated heterocycles. The molecule has 2 N–H and O–H groups in total. The van der Waals surface area contributed by atoms with Gasteiger partial charge < -0.3 is 5.73 Å². The molecule has 1 aromatic rings. The number of likely N-dealkylation sites (tertiary alicyclic amines) is 1. The van der Waals surface area contributed by atoms with Crippen LogP contribution in [-0.2, 0) is 0 Å². The Morgan fingerprint density at radius 3 is 2.89 bits per heavy atom. The van der Waals surface area contributed by atoms with E-state index in [1.54, 1.807) is 0 Å². The van der Waals surface area contributed by atoms with Crippen LogP contribution >= 0.6 is 0 Å². The maximum Gasteiger partial charge on any atom is 0.128 e. The summed E-state index contributed by atoms with van der Waals surface area (Å²) in [4.78, 5) is 2.17. The van der Waals surface area contributed by atoms with E-state index in [1.165, 1.54) is 18.6 Å². The molecule has 4 heteroatoms. The highest BCUT2D eigenvalue weighted by Gasteiger charge is 2.26. The second kappa shape index (κ2) is 5.76. The fourth-order valence-electron chi connectivity index (χ4n) is 2.75. The lowest BCUT2D eigenvalue weighted by Crippen LogP contribution is -2.40. The van der Waals surface area contributed by atoms with Crippen LogP contribution in [0.3, 0.4) is 0 Å². The number of hydrogen-bond donors (Lipinski definition) is 1. The minimum atomic E-state index is -0.407. The summed E-state index contributed by atoms with van der Waals surface area (Å²) < 4.78 is 27.1. The van der Waals surface area contributed by atoms with Gasteiger partial charge in [0.1, 0.15) is 11.6 Å². The number of nitrogens with two attached hydrogens (primary N) is 1. The Labute approximate surface area is 107 Å². The zero-order valence-electron chi connectivity index (χ0n) is 10.7. The molecule has 0 saturated carbocycles. The average Bonchev–Trinajstić information content (AvgIpc) is 2.35. The Kier molecular flexibility index (Phi) is 4.30. The molecule has 1 heterocycles. The van der Waals surface area contributed by atoms with Crippen molar-refractivity contribution in [1.29, 1.82) is 0 Å². The zero-order valence-corrected chi connectivity index (χ0v) is 10.7. The van der Waals surface area contributed by atoms with E-state index in [4.69, 9.17) is 5.73 Å². The van der Waals surface area contributed by atoms with Crippen molar-refractivity contribution in [2.24, 2.45) is 11.7 Å². The van der Waals surface area contributed by atoms with Crippen molar-refractivity contribution in [3.05, 3.63) is 35.4 Å². The lowest BCUT2D eigenvalue weighted by atomic mass is 9.96. The molecule has 0 aromatic heterocycles. The molecule has 100 valence electrons. The number of halogens is 2. The maximum absolute atomic E-state index is 13.8. The van der Waals surface area contributed by atoms with Gasteiger partial charge in [-0.25, -0.2) is 8.78 Å². The molecule has 0 bridgehead atoms. The first-order valence-corrected chi connectivity index (χ1v) is 6.51. The second-order valence-corrected chi connectivity index (χ2v) is 5.16. The number of hydrogen-bond acceptors (Lipinski definition) is 2. The summed E-state index contributed by atoms with van der Waals surface area (Å²) in [6.45, 7) is 4.30. The molecule has 18 heavy (non-hydrogen) atoms. The smallest absolute Gasteiger partial charge is 0.128 e. The van der Waals surface area contributed by atoms with Crippen LogP contribution in [0.4, 0.5) is 8.78 Å². The van der Waals surface area contributed by atoms with Gasteiger partial charge in [-0.1, -0.05) is 6.92 Å². The first-order chi connectivity index (χ1) is 8.61. The number of nitrogens with zero attached hydrogens (tertiary/aromatic N) is 1. The molecule has 1 fully saturated rings. The fraction of sp³-hybridized carbons (Fsp3) is 0.571. The van der Waals surface area contributed by atoms with Crippen LogP contribution in [-0.4, -0.2) is 24.5 Å². The molecule has 0 amide bonds. The van der Waals surface area contributed by atoms with E-state index in [9.17, 15) is 8.78 Å². The van der Waals surface area contributed by atoms with E-state index in [0.717, 1.165) is 25.6 Å². The topological polar surface area (TPSA) is 29.3 Å². The van der Waals surface area contributed by atoms with Crippen LogP contribution in [0.5, 0.6) is 0 Å². The average molecular weight is 254 g/mol. The van der Waals surface area contributed by atoms with Crippen LogP contribution in [0.2, 0.25) is 0 Å². The Morgan fingerprint density at radius 2 is 2.22 bits per heavy atom. The van der Waals surface area contributed by atoms with Crippen molar-refractivity contribution in [2.45, 2.75) is 25.8 Å². The number of piperidine rings is 1. The molecule has 0 unspecified atom stereocenters. The van der Waals surface area contributed by atoms with Gasteiger partial charge in [0.25, 0.3) is 0 Å². The monoisotopic (exact) mass is 254 g/mol. The molecular weight excluding hydrogens is 234 g/mol. The summed E-state index contributed by atoms with van der Waals surface area (Å²) in [7, 11) is 0. The lowest BCUT2D eigenvalue weighted by molar-refractivity contribution is 0.130. The molecule has 2 nitrogen and oxygen atoms in total. The summed E-state index contributed by atoms with van der Waals surface area (Å²) >= 11 is 0. The van der Waals surface area contributed by atoms with Gasteiger partial charge in [-0.3, -0.25) is 4.90 Å². The quantitative estimate of drug-likeness (QED) is 0.898. The van der Waals surface area contributed by atoms with Crippen molar-refractivity contribution in [3.8, 4) is 0 Å². The second-order valence-electron chi connectivity index (χ2n) is 5.16. The van der Waals surface area contributed by atoms with Crippen molar-refractivity contribution in [1.82, 2.24) is 4.90 Å². The molecule has 1 aliphatic heterocycles. The third-order valence-corrected chi connectivity index (χ3v) is 3.67. The van der Waals surface area contributed by atoms with Crippen LogP contribution in [0.25, 0.3) is 0 Å². The molecule has 2 atom stereocenters. The lowest BCUT2D eigenvalue weighted by Gasteiger charge is -2.37. The summed E-state index contributed by atoms with van der Waals surface area (Å²) in [5, 5.41) is 0. The van der Waals surface area contributed by atoms with Gasteiger partial charge in [0, 0.05) is 18.7 Å². The first-order valence-electron chi connectivity index (χ1n) is 6.51. The van der Waals surface area contributed by atoms with Gasteiger partial charge in [0.15, 0.2) is 0 Å². The van der Waals surface area contributed by atoms with E-state index >= 15 is 0 Å². The highest BCUT2D eigenvalue weighted by atomic mass is 19.1. The number of rotatable bonds is 3. The summed E-state index contributed by atoms with van der Waals surface area (Å²) in [6.07, 6.45) is 2.29. The summed E-state index contributed by atoms with van der Waals surface area (Å²) in [6, 6.07) is 3.38. The van der Waals surface area contributed by atoms with E-state index in [-0.39, 0.29) is 11.9 Å². The van der Waals surface area contributed by atoms with Gasteiger partial charge in [-0.2, -0.15) is 0 Å². The largest absolute Gasteiger partial charge is 0.329 e. The minimum absolute atomic E-state index is 0.219. The van der Waals surface area contributed by atoms with Crippen molar-refractivity contribution >= 4 is 0 Å². The number of benzene rings is 1. The van der Waals surface area contributed by atoms with Crippen LogP contribution in [0.15, 0.2) is 18.2 Å². The van der Waals surface area contributed by atoms with E-state index in [1.807, 2.05) is 0 Å². The van der Waals surface area contributed by atoms with E-state index in [2.05, 4.69) is 11.8 Å². The van der Waals surface area contributed by atoms with Gasteiger partial charge in [0.05, 0.1) is 6.04 Å². The van der Waals surface area contributed by atoms with E-state index in [0.29, 0.717) is 18.0 Å². The zero-order chi connectivity index (χ0) is 13.1. The predicted molar refractivity (Wildman–Crippen MR) is 68.1 cm³/mol. The summed E-state index contributed by atoms with van der Waals surface area (Å²) in [5.74, 6) is -0.190. The molecule has 0 radical (unpaired) electrons. The van der Waals surface area contributed by atoms with Crippen LogP contribution < -0.4 is 5.73 Å². The Bertz CT molecular complexity index is 409. The van der Waals surface area contributed by atoms with Crippen molar-refractivity contribution in [2.75, 3.05) is 19.6 Å². The third-order valence-electron chi connectivity index (χ3n) is 3.67. The van der Waals surface area contributed by atoms with E-state index < -0.39 is 5.82 Å². The minimum Gasteiger partial charge on any atom is -0.329 e. The predicted octanol–water partition coefficient (Wildman–Crippen LogP) is 2.70. The summed E-state index contributed by atoms with van der Waals surface area (Å²) in [5.41, 5.74) is 6.15. The Hall–Kier alpha value is -1.00. The first kappa shape index (κ1) is 13.4.